The van der Waals surface area contributed by atoms with E-state index in [0.717, 1.165) is 29.2 Å². The second-order valence-electron chi connectivity index (χ2n) is 7.65. The van der Waals surface area contributed by atoms with Crippen LogP contribution in [0.2, 0.25) is 0 Å². The Balaban J connectivity index is 1.45. The normalized spacial score (nSPS) is 15.2. The van der Waals surface area contributed by atoms with Crippen molar-refractivity contribution in [3.63, 3.8) is 0 Å². The summed E-state index contributed by atoms with van der Waals surface area (Å²) >= 11 is 4.96. The van der Waals surface area contributed by atoms with E-state index < -0.39 is 10.0 Å². The summed E-state index contributed by atoms with van der Waals surface area (Å²) in [5, 5.41) is 2.99. The van der Waals surface area contributed by atoms with Crippen LogP contribution in [0.3, 0.4) is 0 Å². The van der Waals surface area contributed by atoms with Gasteiger partial charge in [0.25, 0.3) is 0 Å². The lowest BCUT2D eigenvalue weighted by atomic mass is 10.1. The smallest absolute Gasteiger partial charge is 0.246 e. The summed E-state index contributed by atoms with van der Waals surface area (Å²) in [5.41, 5.74) is 3.41. The third-order valence-corrected chi connectivity index (χ3v) is 8.85. The van der Waals surface area contributed by atoms with Crippen molar-refractivity contribution in [3.05, 3.63) is 57.9 Å². The van der Waals surface area contributed by atoms with Gasteiger partial charge in [-0.05, 0) is 30.2 Å². The second kappa shape index (κ2) is 9.91. The van der Waals surface area contributed by atoms with Crippen molar-refractivity contribution in [1.29, 1.82) is 0 Å². The van der Waals surface area contributed by atoms with Gasteiger partial charge < -0.3 is 9.64 Å². The van der Waals surface area contributed by atoms with E-state index in [1.165, 1.54) is 17.0 Å². The number of ether oxygens (including phenoxy) is 1. The molecule has 4 rings (SSSR count). The van der Waals surface area contributed by atoms with Crippen LogP contribution in [0.5, 0.6) is 5.75 Å². The quantitative estimate of drug-likeness (QED) is 0.423. The molecule has 0 amide bonds. The summed E-state index contributed by atoms with van der Waals surface area (Å²) in [4.78, 5) is 7.16. The summed E-state index contributed by atoms with van der Waals surface area (Å²) in [7, 11) is -2.16. The Labute approximate surface area is 202 Å². The lowest BCUT2D eigenvalue weighted by Gasteiger charge is -2.34. The fourth-order valence-corrected chi connectivity index (χ4v) is 6.79. The number of hydrogen-bond acceptors (Lipinski definition) is 6. The van der Waals surface area contributed by atoms with Gasteiger partial charge >= 0.3 is 0 Å². The van der Waals surface area contributed by atoms with Crippen LogP contribution in [0.15, 0.2) is 57.2 Å². The van der Waals surface area contributed by atoms with Gasteiger partial charge in [-0.3, -0.25) is 0 Å². The molecular formula is C23H26BrN3O3S2. The number of aromatic nitrogens is 1. The lowest BCUT2D eigenvalue weighted by Crippen LogP contribution is -2.48. The average molecular weight is 537 g/mol. The predicted molar refractivity (Wildman–Crippen MR) is 133 cm³/mol. The molecule has 0 spiro atoms. The van der Waals surface area contributed by atoms with Crippen molar-refractivity contribution >= 4 is 42.4 Å². The molecule has 0 atom stereocenters. The molecule has 170 valence electrons. The lowest BCUT2D eigenvalue weighted by molar-refractivity contribution is 0.374. The molecule has 0 N–H and O–H groups in total. The molecule has 0 bridgehead atoms. The summed E-state index contributed by atoms with van der Waals surface area (Å²) in [6.07, 6.45) is 2.22. The maximum atomic E-state index is 13.2. The van der Waals surface area contributed by atoms with E-state index in [-0.39, 0.29) is 4.90 Å². The number of halogens is 1. The number of nitrogens with zero attached hydrogens (tertiary/aromatic N) is 3. The topological polar surface area (TPSA) is 62.7 Å². The van der Waals surface area contributed by atoms with Crippen molar-refractivity contribution in [1.82, 2.24) is 9.29 Å². The molecule has 1 aliphatic rings. The monoisotopic (exact) mass is 535 g/mol. The van der Waals surface area contributed by atoms with Gasteiger partial charge in [0.15, 0.2) is 5.13 Å². The number of benzene rings is 2. The first-order chi connectivity index (χ1) is 15.4. The van der Waals surface area contributed by atoms with Crippen LogP contribution in [0, 0.1) is 0 Å². The van der Waals surface area contributed by atoms with Crippen molar-refractivity contribution < 1.29 is 13.2 Å². The van der Waals surface area contributed by atoms with Crippen LogP contribution >= 0.6 is 27.3 Å². The van der Waals surface area contributed by atoms with E-state index >= 15 is 0 Å². The van der Waals surface area contributed by atoms with Crippen molar-refractivity contribution in [2.24, 2.45) is 0 Å². The molecule has 2 heterocycles. The number of anilines is 1. The van der Waals surface area contributed by atoms with E-state index in [1.54, 1.807) is 29.5 Å². The highest BCUT2D eigenvalue weighted by atomic mass is 79.9. The van der Waals surface area contributed by atoms with Crippen LogP contribution in [-0.4, -0.2) is 51.0 Å². The molecule has 2 aromatic carbocycles. The Morgan fingerprint density at radius 1 is 1.09 bits per heavy atom. The molecule has 1 saturated heterocycles. The first-order valence-corrected chi connectivity index (χ1v) is 13.7. The van der Waals surface area contributed by atoms with Gasteiger partial charge in [-0.1, -0.05) is 53.5 Å². The highest BCUT2D eigenvalue weighted by Gasteiger charge is 2.31. The third-order valence-electron chi connectivity index (χ3n) is 5.53. The molecule has 0 radical (unpaired) electrons. The Hall–Kier alpha value is -1.94. The summed E-state index contributed by atoms with van der Waals surface area (Å²) in [6, 6.07) is 13.6. The number of methoxy groups -OCH3 is 1. The number of piperazine rings is 1. The van der Waals surface area contributed by atoms with Gasteiger partial charge in [-0.2, -0.15) is 4.31 Å². The fraction of sp³-hybridized carbons (Fsp3) is 0.348. The zero-order valence-electron chi connectivity index (χ0n) is 18.1. The number of aryl methyl sites for hydroxylation is 1. The van der Waals surface area contributed by atoms with Crippen molar-refractivity contribution in [2.75, 3.05) is 38.2 Å². The second-order valence-corrected chi connectivity index (χ2v) is 11.3. The predicted octanol–water partition coefficient (Wildman–Crippen LogP) is 5.04. The molecule has 9 heteroatoms. The molecule has 0 saturated carbocycles. The average Bonchev–Trinajstić information content (AvgIpc) is 3.30. The van der Waals surface area contributed by atoms with E-state index in [1.807, 2.05) is 0 Å². The van der Waals surface area contributed by atoms with Crippen LogP contribution in [-0.2, 0) is 16.4 Å². The maximum absolute atomic E-state index is 13.2. The summed E-state index contributed by atoms with van der Waals surface area (Å²) in [6.45, 7) is 4.17. The van der Waals surface area contributed by atoms with Crippen LogP contribution < -0.4 is 9.64 Å². The van der Waals surface area contributed by atoms with Crippen molar-refractivity contribution in [3.8, 4) is 17.0 Å². The number of thiazole rings is 1. The third kappa shape index (κ3) is 4.85. The minimum Gasteiger partial charge on any atom is -0.495 e. The maximum Gasteiger partial charge on any atom is 0.246 e. The molecule has 0 aliphatic carbocycles. The Morgan fingerprint density at radius 2 is 1.81 bits per heavy atom. The molecule has 0 unspecified atom stereocenters. The van der Waals surface area contributed by atoms with Gasteiger partial charge in [0.05, 0.1) is 12.8 Å². The first-order valence-electron chi connectivity index (χ1n) is 10.6. The molecule has 1 aliphatic heterocycles. The molecule has 3 aromatic rings. The van der Waals surface area contributed by atoms with E-state index in [0.29, 0.717) is 36.4 Å². The molecule has 1 aromatic heterocycles. The molecule has 6 nitrogen and oxygen atoms in total. The summed E-state index contributed by atoms with van der Waals surface area (Å²) < 4.78 is 34.0. The van der Waals surface area contributed by atoms with Crippen LogP contribution in [0.1, 0.15) is 18.9 Å². The number of rotatable bonds is 7. The SMILES string of the molecule is CCCc1ccc(-c2csc(N3CCN(S(=O)(=O)c4cc(Br)ccc4OC)CC3)n2)cc1. The van der Waals surface area contributed by atoms with E-state index in [4.69, 9.17) is 9.72 Å². The highest BCUT2D eigenvalue weighted by Crippen LogP contribution is 2.32. The number of hydrogen-bond donors (Lipinski definition) is 0. The largest absolute Gasteiger partial charge is 0.495 e. The zero-order valence-corrected chi connectivity index (χ0v) is 21.3. The zero-order chi connectivity index (χ0) is 22.7. The van der Waals surface area contributed by atoms with Gasteiger partial charge in [0.2, 0.25) is 10.0 Å². The Bertz CT molecular complexity index is 1170. The Morgan fingerprint density at radius 3 is 2.47 bits per heavy atom. The fourth-order valence-electron chi connectivity index (χ4n) is 3.78. The van der Waals surface area contributed by atoms with Gasteiger partial charge in [-0.15, -0.1) is 11.3 Å². The van der Waals surface area contributed by atoms with Crippen LogP contribution in [0.25, 0.3) is 11.3 Å². The Kier molecular flexibility index (Phi) is 7.19. The molecule has 1 fully saturated rings. The van der Waals surface area contributed by atoms with Gasteiger partial charge in [0, 0.05) is 41.6 Å². The number of sulfonamides is 1. The first kappa shape index (κ1) is 23.2. The minimum absolute atomic E-state index is 0.186. The molecule has 32 heavy (non-hydrogen) atoms. The van der Waals surface area contributed by atoms with Gasteiger partial charge in [-0.25, -0.2) is 13.4 Å². The van der Waals surface area contributed by atoms with Crippen molar-refractivity contribution in [2.45, 2.75) is 24.7 Å². The van der Waals surface area contributed by atoms with E-state index in [2.05, 4.69) is 57.4 Å². The summed E-state index contributed by atoms with van der Waals surface area (Å²) in [5.74, 6) is 0.352. The standard InChI is InChI=1S/C23H26BrN3O3S2/c1-3-4-17-5-7-18(8-6-17)20-16-31-23(25-20)26-11-13-27(14-12-26)32(28,29)22-15-19(24)9-10-21(22)30-2/h5-10,15-16H,3-4,11-14H2,1-2H3. The molecular weight excluding hydrogens is 510 g/mol. The van der Waals surface area contributed by atoms with E-state index in [9.17, 15) is 8.42 Å². The van der Waals surface area contributed by atoms with Crippen LogP contribution in [0.4, 0.5) is 5.13 Å². The highest BCUT2D eigenvalue weighted by molar-refractivity contribution is 9.10. The van der Waals surface area contributed by atoms with Gasteiger partial charge in [0.1, 0.15) is 10.6 Å². The minimum atomic E-state index is -3.64.